The minimum absolute atomic E-state index is 0.894. The maximum atomic E-state index is 6.57. The molecule has 15 rings (SSSR count). The summed E-state index contributed by atoms with van der Waals surface area (Å²) in [4.78, 5) is 2.40. The zero-order valence-corrected chi connectivity index (χ0v) is 39.8. The van der Waals surface area contributed by atoms with Crippen LogP contribution in [0.2, 0.25) is 0 Å². The fourth-order valence-corrected chi connectivity index (χ4v) is 13.3. The summed E-state index contributed by atoms with van der Waals surface area (Å²) >= 11 is 3.79. The van der Waals surface area contributed by atoms with Crippen molar-refractivity contribution < 1.29 is 4.42 Å². The molecule has 0 fully saturated rings. The molecule has 3 nitrogen and oxygen atoms in total. The molecule has 0 bridgehead atoms. The van der Waals surface area contributed by atoms with Crippen LogP contribution in [-0.4, -0.2) is 4.57 Å². The standard InChI is InChI=1S/C62H36N2OS2.C3H6/c1-3-13-37(14-4-1)38-15-11-16-39(31-38)40-17-12-20-43(32-40)63(42-18-5-2-6-19-42)44-27-30-56-50(34-44)51-36-52-59-49(62(51)67-56)28-25-41-33-57-60(48-22-8-10-24-55(48)66-57)61(58(41)59)64(52)45-26-29-47-46-21-7-9-23-53(46)65-54(47)35-45;1-3-2/h1-36H;3H,1H2,2H3. The smallest absolute Gasteiger partial charge is 0.137 e. The lowest BCUT2D eigenvalue weighted by molar-refractivity contribution is 0.668. The van der Waals surface area contributed by atoms with Gasteiger partial charge in [-0.1, -0.05) is 133 Å². The Morgan fingerprint density at radius 3 is 1.91 bits per heavy atom. The molecule has 0 aliphatic heterocycles. The number of anilines is 3. The van der Waals surface area contributed by atoms with Gasteiger partial charge in [-0.15, -0.1) is 29.3 Å². The second-order valence-electron chi connectivity index (χ2n) is 18.0. The van der Waals surface area contributed by atoms with Crippen molar-refractivity contribution in [3.63, 3.8) is 0 Å². The van der Waals surface area contributed by atoms with Crippen LogP contribution in [0.3, 0.4) is 0 Å². The average molecular weight is 931 g/mol. The van der Waals surface area contributed by atoms with Crippen molar-refractivity contribution in [2.24, 2.45) is 0 Å². The van der Waals surface area contributed by atoms with E-state index in [0.717, 1.165) is 44.7 Å². The number of fused-ring (bicyclic) bond motifs is 11. The summed E-state index contributed by atoms with van der Waals surface area (Å²) in [6.07, 6.45) is 1.75. The number of hydrogen-bond acceptors (Lipinski definition) is 4. The van der Waals surface area contributed by atoms with E-state index in [-0.39, 0.29) is 0 Å². The SMILES string of the molecule is C=CC.c1ccc(-c2cccc(-c3cccc(N(c4ccccc4)c4ccc5sc6c(cc7c8c6ccc6cc9sc%10ccccc%10c9c(c68)n7-c6ccc7c(c6)oc6ccccc67)c5c4)c3)c2)cc1. The molecule has 0 amide bonds. The Labute approximate surface area is 411 Å². The number of allylic oxidation sites excluding steroid dienone is 1. The Morgan fingerprint density at radius 1 is 0.429 bits per heavy atom. The number of furan rings is 1. The fraction of sp³-hybridized carbons (Fsp3) is 0.0154. The van der Waals surface area contributed by atoms with E-state index in [4.69, 9.17) is 4.42 Å². The minimum atomic E-state index is 0.894. The molecule has 4 aromatic heterocycles. The zero-order chi connectivity index (χ0) is 46.5. The third kappa shape index (κ3) is 6.25. The van der Waals surface area contributed by atoms with Crippen LogP contribution in [0.5, 0.6) is 0 Å². The Morgan fingerprint density at radius 2 is 1.07 bits per heavy atom. The summed E-state index contributed by atoms with van der Waals surface area (Å²) in [6, 6.07) is 80.0. The van der Waals surface area contributed by atoms with E-state index < -0.39 is 0 Å². The van der Waals surface area contributed by atoms with Crippen molar-refractivity contribution in [1.82, 2.24) is 4.57 Å². The monoisotopic (exact) mass is 930 g/mol. The van der Waals surface area contributed by atoms with Gasteiger partial charge in [0.05, 0.1) is 11.0 Å². The molecule has 0 radical (unpaired) electrons. The number of para-hydroxylation sites is 2. The zero-order valence-electron chi connectivity index (χ0n) is 38.2. The Balaban J connectivity index is 0.00000150. The van der Waals surface area contributed by atoms with Crippen molar-refractivity contribution in [3.05, 3.63) is 231 Å². The number of hydrogen-bond donors (Lipinski definition) is 0. The van der Waals surface area contributed by atoms with Crippen molar-refractivity contribution in [1.29, 1.82) is 0 Å². The first kappa shape index (κ1) is 40.6. The predicted octanol–water partition coefficient (Wildman–Crippen LogP) is 20.0. The highest BCUT2D eigenvalue weighted by atomic mass is 32.1. The summed E-state index contributed by atoms with van der Waals surface area (Å²) < 4.78 is 14.3. The van der Waals surface area contributed by atoms with Crippen LogP contribution in [0.4, 0.5) is 17.1 Å². The first-order chi connectivity index (χ1) is 34.6. The summed E-state index contributed by atoms with van der Waals surface area (Å²) in [6.45, 7) is 5.25. The molecule has 15 aromatic rings. The van der Waals surface area contributed by atoms with Gasteiger partial charge in [0.15, 0.2) is 0 Å². The van der Waals surface area contributed by atoms with E-state index in [1.165, 1.54) is 95.2 Å². The molecule has 4 heterocycles. The van der Waals surface area contributed by atoms with E-state index in [2.05, 4.69) is 228 Å². The molecular formula is C65H42N2OS2. The van der Waals surface area contributed by atoms with Crippen molar-refractivity contribution in [2.45, 2.75) is 6.92 Å². The molecule has 0 atom stereocenters. The van der Waals surface area contributed by atoms with Crippen molar-refractivity contribution in [3.8, 4) is 27.9 Å². The van der Waals surface area contributed by atoms with Gasteiger partial charge in [-0.05, 0) is 119 Å². The molecule has 0 unspecified atom stereocenters. The maximum Gasteiger partial charge on any atom is 0.137 e. The largest absolute Gasteiger partial charge is 0.456 e. The number of aromatic nitrogens is 1. The number of nitrogens with zero attached hydrogens (tertiary/aromatic N) is 2. The molecular weight excluding hydrogens is 889 g/mol. The van der Waals surface area contributed by atoms with Gasteiger partial charge in [-0.25, -0.2) is 0 Å². The Kier molecular flexibility index (Phi) is 9.31. The number of benzene rings is 11. The predicted molar refractivity (Wildman–Crippen MR) is 304 cm³/mol. The third-order valence-corrected chi connectivity index (χ3v) is 16.2. The van der Waals surface area contributed by atoms with E-state index in [1.54, 1.807) is 6.08 Å². The highest BCUT2D eigenvalue weighted by Gasteiger charge is 2.25. The van der Waals surface area contributed by atoms with Gasteiger partial charge in [-0.3, -0.25) is 0 Å². The van der Waals surface area contributed by atoms with Gasteiger partial charge in [0.25, 0.3) is 0 Å². The molecule has 70 heavy (non-hydrogen) atoms. The van der Waals surface area contributed by atoms with Gasteiger partial charge in [0.1, 0.15) is 11.2 Å². The van der Waals surface area contributed by atoms with E-state index in [9.17, 15) is 0 Å². The van der Waals surface area contributed by atoms with Gasteiger partial charge in [0, 0.05) is 96.1 Å². The first-order valence-electron chi connectivity index (χ1n) is 23.7. The van der Waals surface area contributed by atoms with Crippen LogP contribution in [0, 0.1) is 0 Å². The van der Waals surface area contributed by atoms with Gasteiger partial charge >= 0.3 is 0 Å². The van der Waals surface area contributed by atoms with Crippen molar-refractivity contribution in [2.75, 3.05) is 4.90 Å². The molecule has 0 saturated carbocycles. The molecule has 5 heteroatoms. The van der Waals surface area contributed by atoms with Gasteiger partial charge < -0.3 is 13.9 Å². The molecule has 0 aliphatic rings. The fourth-order valence-electron chi connectivity index (χ4n) is 10.9. The minimum Gasteiger partial charge on any atom is -0.456 e. The lowest BCUT2D eigenvalue weighted by atomic mass is 9.98. The number of thiophene rings is 2. The molecule has 0 spiro atoms. The Bertz CT molecular complexity index is 4510. The van der Waals surface area contributed by atoms with Crippen LogP contribution in [0.1, 0.15) is 6.92 Å². The highest BCUT2D eigenvalue weighted by Crippen LogP contribution is 2.51. The van der Waals surface area contributed by atoms with Crippen LogP contribution >= 0.6 is 22.7 Å². The molecule has 0 N–H and O–H groups in total. The van der Waals surface area contributed by atoms with Crippen LogP contribution in [0.15, 0.2) is 235 Å². The molecule has 11 aromatic carbocycles. The topological polar surface area (TPSA) is 21.3 Å². The Hall–Kier alpha value is -8.48. The lowest BCUT2D eigenvalue weighted by Gasteiger charge is -2.26. The molecule has 330 valence electrons. The molecule has 0 aliphatic carbocycles. The highest BCUT2D eigenvalue weighted by molar-refractivity contribution is 7.27. The number of rotatable bonds is 6. The van der Waals surface area contributed by atoms with Crippen LogP contribution < -0.4 is 4.90 Å². The lowest BCUT2D eigenvalue weighted by Crippen LogP contribution is -2.09. The van der Waals surface area contributed by atoms with Gasteiger partial charge in [0.2, 0.25) is 0 Å². The van der Waals surface area contributed by atoms with Crippen molar-refractivity contribution >= 4 is 135 Å². The van der Waals surface area contributed by atoms with E-state index in [1.807, 2.05) is 35.7 Å². The normalized spacial score (nSPS) is 11.8. The summed E-state index contributed by atoms with van der Waals surface area (Å²) in [7, 11) is 0. The van der Waals surface area contributed by atoms with Gasteiger partial charge in [-0.2, -0.15) is 0 Å². The summed E-state index contributed by atoms with van der Waals surface area (Å²) in [5.74, 6) is 0. The molecule has 0 saturated heterocycles. The van der Waals surface area contributed by atoms with Crippen LogP contribution in [0.25, 0.3) is 123 Å². The maximum absolute atomic E-state index is 6.57. The first-order valence-corrected chi connectivity index (χ1v) is 25.3. The second kappa shape index (κ2) is 16.1. The summed E-state index contributed by atoms with van der Waals surface area (Å²) in [5.41, 5.74) is 13.5. The summed E-state index contributed by atoms with van der Waals surface area (Å²) in [5, 5.41) is 12.6. The van der Waals surface area contributed by atoms with E-state index >= 15 is 0 Å². The van der Waals surface area contributed by atoms with E-state index in [0.29, 0.717) is 0 Å². The average Bonchev–Trinajstić information content (AvgIpc) is 4.18. The third-order valence-electron chi connectivity index (χ3n) is 13.9. The quantitative estimate of drug-likeness (QED) is 0.122. The van der Waals surface area contributed by atoms with Crippen LogP contribution in [-0.2, 0) is 0 Å². The second-order valence-corrected chi connectivity index (χ2v) is 20.2.